The van der Waals surface area contributed by atoms with Gasteiger partial charge < -0.3 is 25.8 Å². The van der Waals surface area contributed by atoms with Crippen LogP contribution in [0.25, 0.3) is 0 Å². The largest absolute Gasteiger partial charge is 0.388 e. The smallest absolute Gasteiger partial charge is 0.328 e. The van der Waals surface area contributed by atoms with Crippen molar-refractivity contribution in [3.63, 3.8) is 0 Å². The standard InChI is InChI=1S/C23H37N5O6/c1-15-12-28(21(32)26-19(15)30)18-13-34-23(14-22(18,3)33)7-10-27(11-8-23)20(31)17(24)6-4-5-9-25-16(2)29/h12,17-18,33H,4-11,13-14,24H2,1-3H3,(H,25,29)(H,26,30,32)/t17-,18-,22-/m0/s1. The number of nitrogens with zero attached hydrogens (tertiary/aromatic N) is 2. The number of aryl methyl sites for hydroxylation is 1. The second-order valence-electron chi connectivity index (χ2n) is 9.93. The molecule has 2 amide bonds. The molecule has 3 heterocycles. The van der Waals surface area contributed by atoms with Crippen molar-refractivity contribution in [2.24, 2.45) is 5.73 Å². The quantitative estimate of drug-likeness (QED) is 0.385. The van der Waals surface area contributed by atoms with E-state index in [2.05, 4.69) is 10.3 Å². The van der Waals surface area contributed by atoms with Crippen LogP contribution in [0.1, 0.15) is 64.0 Å². The van der Waals surface area contributed by atoms with E-state index in [1.807, 2.05) is 0 Å². The van der Waals surface area contributed by atoms with Crippen LogP contribution in [0, 0.1) is 6.92 Å². The van der Waals surface area contributed by atoms with Gasteiger partial charge in [0.2, 0.25) is 11.8 Å². The summed E-state index contributed by atoms with van der Waals surface area (Å²) >= 11 is 0. The van der Waals surface area contributed by atoms with Crippen LogP contribution >= 0.6 is 0 Å². The molecule has 2 aliphatic heterocycles. The molecular weight excluding hydrogens is 442 g/mol. The zero-order chi connectivity index (χ0) is 25.1. The molecule has 11 nitrogen and oxygen atoms in total. The highest BCUT2D eigenvalue weighted by Gasteiger charge is 2.50. The first-order chi connectivity index (χ1) is 15.9. The molecule has 2 fully saturated rings. The van der Waals surface area contributed by atoms with Crippen molar-refractivity contribution >= 4 is 11.8 Å². The van der Waals surface area contributed by atoms with Crippen LogP contribution in [-0.4, -0.2) is 74.9 Å². The first-order valence-electron chi connectivity index (χ1n) is 11.9. The maximum absolute atomic E-state index is 12.8. The van der Waals surface area contributed by atoms with Gasteiger partial charge in [0.1, 0.15) is 0 Å². The van der Waals surface area contributed by atoms with Gasteiger partial charge in [-0.15, -0.1) is 0 Å². The fourth-order valence-electron chi connectivity index (χ4n) is 5.02. The van der Waals surface area contributed by atoms with Crippen LogP contribution < -0.4 is 22.3 Å². The number of aliphatic hydroxyl groups is 1. The number of nitrogens with two attached hydrogens (primary N) is 1. The van der Waals surface area contributed by atoms with Crippen LogP contribution in [0.2, 0.25) is 0 Å². The number of unbranched alkanes of at least 4 members (excludes halogenated alkanes) is 1. The molecule has 0 aliphatic carbocycles. The summed E-state index contributed by atoms with van der Waals surface area (Å²) in [6, 6.07) is -1.21. The minimum Gasteiger partial charge on any atom is -0.388 e. The van der Waals surface area contributed by atoms with Gasteiger partial charge >= 0.3 is 5.69 Å². The summed E-state index contributed by atoms with van der Waals surface area (Å²) in [7, 11) is 0. The predicted molar refractivity (Wildman–Crippen MR) is 125 cm³/mol. The van der Waals surface area contributed by atoms with E-state index in [9.17, 15) is 24.3 Å². The van der Waals surface area contributed by atoms with Gasteiger partial charge in [-0.2, -0.15) is 0 Å². The lowest BCUT2D eigenvalue weighted by Crippen LogP contribution is -2.60. The fourth-order valence-corrected chi connectivity index (χ4v) is 5.02. The van der Waals surface area contributed by atoms with Crippen molar-refractivity contribution in [2.75, 3.05) is 26.2 Å². The molecule has 190 valence electrons. The predicted octanol–water partition coefficient (Wildman–Crippen LogP) is -0.448. The Labute approximate surface area is 198 Å². The molecule has 3 rings (SSSR count). The molecule has 1 aromatic rings. The van der Waals surface area contributed by atoms with Crippen LogP contribution in [0.5, 0.6) is 0 Å². The Morgan fingerprint density at radius 2 is 2.00 bits per heavy atom. The summed E-state index contributed by atoms with van der Waals surface area (Å²) < 4.78 is 7.56. The Balaban J connectivity index is 1.55. The number of amides is 2. The molecule has 1 aromatic heterocycles. The molecule has 0 saturated carbocycles. The average Bonchev–Trinajstić information content (AvgIpc) is 2.75. The van der Waals surface area contributed by atoms with E-state index in [0.717, 1.165) is 12.8 Å². The number of nitrogens with one attached hydrogen (secondary N) is 2. The van der Waals surface area contributed by atoms with Gasteiger partial charge in [-0.3, -0.25) is 23.9 Å². The molecular formula is C23H37N5O6. The summed E-state index contributed by atoms with van der Waals surface area (Å²) in [6.45, 7) is 6.43. The third-order valence-corrected chi connectivity index (χ3v) is 7.05. The monoisotopic (exact) mass is 479 g/mol. The van der Waals surface area contributed by atoms with E-state index in [0.29, 0.717) is 50.9 Å². The average molecular weight is 480 g/mol. The SMILES string of the molecule is CC(=O)NCCCC[C@H](N)C(=O)N1CCC2(CC1)C[C@](C)(O)[C@@H](n1cc(C)c(=O)[nH]c1=O)CO2. The Kier molecular flexibility index (Phi) is 7.99. The van der Waals surface area contributed by atoms with Crippen molar-refractivity contribution in [1.29, 1.82) is 0 Å². The number of hydrogen-bond acceptors (Lipinski definition) is 7. The van der Waals surface area contributed by atoms with E-state index in [1.165, 1.54) is 17.7 Å². The zero-order valence-electron chi connectivity index (χ0n) is 20.3. The lowest BCUT2D eigenvalue weighted by atomic mass is 9.75. The number of carbonyl (C=O) groups is 2. The second-order valence-corrected chi connectivity index (χ2v) is 9.93. The van der Waals surface area contributed by atoms with Crippen molar-refractivity contribution < 1.29 is 19.4 Å². The number of likely N-dealkylation sites (tertiary alicyclic amines) is 1. The molecule has 3 atom stereocenters. The summed E-state index contributed by atoms with van der Waals surface area (Å²) in [5.41, 5.74) is 3.66. The number of rotatable bonds is 7. The number of H-pyrrole nitrogens is 1. The van der Waals surface area contributed by atoms with E-state index in [-0.39, 0.29) is 18.4 Å². The number of aromatic amines is 1. The van der Waals surface area contributed by atoms with Crippen LogP contribution in [0.4, 0.5) is 0 Å². The summed E-state index contributed by atoms with van der Waals surface area (Å²) in [4.78, 5) is 51.8. The number of aromatic nitrogens is 2. The first kappa shape index (κ1) is 26.1. The fraction of sp³-hybridized carbons (Fsp3) is 0.739. The highest BCUT2D eigenvalue weighted by atomic mass is 16.5. The van der Waals surface area contributed by atoms with Crippen LogP contribution in [0.15, 0.2) is 15.8 Å². The van der Waals surface area contributed by atoms with Gasteiger partial charge in [-0.25, -0.2) is 4.79 Å². The third kappa shape index (κ3) is 5.94. The Morgan fingerprint density at radius 1 is 1.32 bits per heavy atom. The van der Waals surface area contributed by atoms with E-state index >= 15 is 0 Å². The van der Waals surface area contributed by atoms with Crippen molar-refractivity contribution in [3.8, 4) is 0 Å². The lowest BCUT2D eigenvalue weighted by molar-refractivity contribution is -0.198. The molecule has 0 aromatic carbocycles. The van der Waals surface area contributed by atoms with Gasteiger partial charge in [-0.1, -0.05) is 0 Å². The third-order valence-electron chi connectivity index (χ3n) is 7.05. The maximum atomic E-state index is 12.8. The maximum Gasteiger partial charge on any atom is 0.328 e. The highest BCUT2D eigenvalue weighted by molar-refractivity contribution is 5.81. The van der Waals surface area contributed by atoms with E-state index < -0.39 is 34.5 Å². The van der Waals surface area contributed by atoms with Gasteiger partial charge in [0, 0.05) is 44.7 Å². The lowest BCUT2D eigenvalue weighted by Gasteiger charge is -2.51. The molecule has 2 saturated heterocycles. The number of ether oxygens (including phenoxy) is 1. The molecule has 2 aliphatic rings. The van der Waals surface area contributed by atoms with Gasteiger partial charge in [0.15, 0.2) is 0 Å². The minimum absolute atomic E-state index is 0.0706. The number of piperidine rings is 1. The number of hydrogen-bond donors (Lipinski definition) is 4. The Morgan fingerprint density at radius 3 is 2.62 bits per heavy atom. The molecule has 0 radical (unpaired) electrons. The minimum atomic E-state index is -1.23. The van der Waals surface area contributed by atoms with Crippen molar-refractivity contribution in [3.05, 3.63) is 32.6 Å². The van der Waals surface area contributed by atoms with Crippen molar-refractivity contribution in [1.82, 2.24) is 19.8 Å². The molecule has 0 bridgehead atoms. The van der Waals surface area contributed by atoms with Crippen LogP contribution in [0.3, 0.4) is 0 Å². The summed E-state index contributed by atoms with van der Waals surface area (Å²) in [5, 5.41) is 14.0. The summed E-state index contributed by atoms with van der Waals surface area (Å²) in [6.07, 6.45) is 4.98. The van der Waals surface area contributed by atoms with E-state index in [1.54, 1.807) is 18.7 Å². The van der Waals surface area contributed by atoms with Crippen molar-refractivity contribution in [2.45, 2.75) is 82.6 Å². The Hall–Kier alpha value is -2.50. The summed E-state index contributed by atoms with van der Waals surface area (Å²) in [5.74, 6) is -0.163. The topological polar surface area (TPSA) is 160 Å². The zero-order valence-corrected chi connectivity index (χ0v) is 20.3. The first-order valence-corrected chi connectivity index (χ1v) is 11.9. The highest BCUT2D eigenvalue weighted by Crippen LogP contribution is 2.43. The van der Waals surface area contributed by atoms with Gasteiger partial charge in [0.25, 0.3) is 5.56 Å². The molecule has 0 unspecified atom stereocenters. The van der Waals surface area contributed by atoms with Gasteiger partial charge in [0.05, 0.1) is 29.9 Å². The molecule has 11 heteroatoms. The molecule has 1 spiro atoms. The Bertz CT molecular complexity index is 1010. The van der Waals surface area contributed by atoms with Crippen LogP contribution in [-0.2, 0) is 14.3 Å². The molecule has 5 N–H and O–H groups in total. The van der Waals surface area contributed by atoms with Gasteiger partial charge in [-0.05, 0) is 46.0 Å². The second kappa shape index (κ2) is 10.4. The molecule has 34 heavy (non-hydrogen) atoms. The van der Waals surface area contributed by atoms with E-state index in [4.69, 9.17) is 10.5 Å². The normalized spacial score (nSPS) is 25.2. The number of carbonyl (C=O) groups excluding carboxylic acids is 2.